The highest BCUT2D eigenvalue weighted by molar-refractivity contribution is 6.43. The Balaban J connectivity index is 1.83. The van der Waals surface area contributed by atoms with Crippen molar-refractivity contribution < 1.29 is 5.11 Å². The van der Waals surface area contributed by atoms with Gasteiger partial charge in [-0.1, -0.05) is 47.5 Å². The van der Waals surface area contributed by atoms with E-state index in [1.165, 1.54) is 11.1 Å². The van der Waals surface area contributed by atoms with Crippen molar-refractivity contribution in [2.75, 3.05) is 0 Å². The molecule has 1 atom stereocenters. The number of hydrogen-bond donors (Lipinski definition) is 2. The molecule has 0 aliphatic heterocycles. The minimum Gasteiger partial charge on any atom is -0.390 e. The van der Waals surface area contributed by atoms with Crippen LogP contribution in [-0.2, 0) is 19.4 Å². The smallest absolute Gasteiger partial charge is 0.0945 e. The zero-order chi connectivity index (χ0) is 19.1. The lowest BCUT2D eigenvalue weighted by atomic mass is 10.0. The minimum absolute atomic E-state index is 0.174. The molecular formula is C21H19Cl2N3O. The second-order valence-corrected chi connectivity index (χ2v) is 7.65. The number of aryl methyl sites for hydroxylation is 1. The van der Waals surface area contributed by atoms with Crippen LogP contribution in [0.3, 0.4) is 0 Å². The van der Waals surface area contributed by atoms with E-state index in [9.17, 15) is 5.11 Å². The third-order valence-electron chi connectivity index (χ3n) is 4.94. The molecule has 2 aromatic carbocycles. The summed E-state index contributed by atoms with van der Waals surface area (Å²) in [5.41, 5.74) is 12.8. The SMILES string of the molecule is Cc1nc(-c2ccc3c(c2)CC(N)C3)c(CO)nc1-c1cccc(Cl)c1Cl. The average molecular weight is 400 g/mol. The van der Waals surface area contributed by atoms with Gasteiger partial charge in [-0.15, -0.1) is 0 Å². The van der Waals surface area contributed by atoms with Gasteiger partial charge in [0.05, 0.1) is 39.4 Å². The molecule has 138 valence electrons. The number of hydrogen-bond acceptors (Lipinski definition) is 4. The lowest BCUT2D eigenvalue weighted by molar-refractivity contribution is 0.277. The van der Waals surface area contributed by atoms with Crippen LogP contribution in [-0.4, -0.2) is 21.1 Å². The van der Waals surface area contributed by atoms with Gasteiger partial charge < -0.3 is 10.8 Å². The summed E-state index contributed by atoms with van der Waals surface area (Å²) in [7, 11) is 0. The lowest BCUT2D eigenvalue weighted by Gasteiger charge is -2.14. The highest BCUT2D eigenvalue weighted by Gasteiger charge is 2.21. The third kappa shape index (κ3) is 3.34. The van der Waals surface area contributed by atoms with E-state index in [1.807, 2.05) is 25.1 Å². The molecule has 0 saturated carbocycles. The highest BCUT2D eigenvalue weighted by atomic mass is 35.5. The fraction of sp³-hybridized carbons (Fsp3) is 0.238. The fourth-order valence-electron chi connectivity index (χ4n) is 3.64. The third-order valence-corrected chi connectivity index (χ3v) is 5.76. The van der Waals surface area contributed by atoms with Crippen molar-refractivity contribution >= 4 is 23.2 Å². The molecule has 1 heterocycles. The Morgan fingerprint density at radius 3 is 2.63 bits per heavy atom. The number of nitrogens with zero attached hydrogens (tertiary/aromatic N) is 2. The molecule has 1 aromatic heterocycles. The van der Waals surface area contributed by atoms with Crippen molar-refractivity contribution in [1.29, 1.82) is 0 Å². The summed E-state index contributed by atoms with van der Waals surface area (Å²) in [4.78, 5) is 9.42. The topological polar surface area (TPSA) is 72.0 Å². The number of fused-ring (bicyclic) bond motifs is 1. The van der Waals surface area contributed by atoms with Gasteiger partial charge in [0.15, 0.2) is 0 Å². The van der Waals surface area contributed by atoms with Crippen LogP contribution in [0.5, 0.6) is 0 Å². The second-order valence-electron chi connectivity index (χ2n) is 6.86. The van der Waals surface area contributed by atoms with Crippen LogP contribution in [0.25, 0.3) is 22.5 Å². The monoisotopic (exact) mass is 399 g/mol. The molecule has 3 N–H and O–H groups in total. The zero-order valence-corrected chi connectivity index (χ0v) is 16.3. The van der Waals surface area contributed by atoms with E-state index in [0.717, 1.165) is 24.1 Å². The van der Waals surface area contributed by atoms with Gasteiger partial charge in [0.25, 0.3) is 0 Å². The molecule has 1 aliphatic carbocycles. The van der Waals surface area contributed by atoms with Crippen LogP contribution in [0.1, 0.15) is 22.5 Å². The van der Waals surface area contributed by atoms with Crippen molar-refractivity contribution in [2.45, 2.75) is 32.4 Å². The second kappa shape index (κ2) is 7.21. The van der Waals surface area contributed by atoms with Crippen molar-refractivity contribution in [2.24, 2.45) is 5.73 Å². The predicted molar refractivity (Wildman–Crippen MR) is 109 cm³/mol. The van der Waals surface area contributed by atoms with Gasteiger partial charge in [-0.25, -0.2) is 9.97 Å². The molecule has 0 saturated heterocycles. The number of aliphatic hydroxyl groups is 1. The molecule has 3 aromatic rings. The average Bonchev–Trinajstić information content (AvgIpc) is 3.03. The Bertz CT molecular complexity index is 1040. The lowest BCUT2D eigenvalue weighted by Crippen LogP contribution is -2.18. The van der Waals surface area contributed by atoms with E-state index in [2.05, 4.69) is 17.1 Å². The summed E-state index contributed by atoms with van der Waals surface area (Å²) < 4.78 is 0. The largest absolute Gasteiger partial charge is 0.390 e. The summed E-state index contributed by atoms with van der Waals surface area (Å²) in [6, 6.07) is 11.8. The van der Waals surface area contributed by atoms with Gasteiger partial charge in [-0.3, -0.25) is 0 Å². The highest BCUT2D eigenvalue weighted by Crippen LogP contribution is 2.35. The maximum Gasteiger partial charge on any atom is 0.0945 e. The molecule has 0 spiro atoms. The summed E-state index contributed by atoms with van der Waals surface area (Å²) in [6.07, 6.45) is 1.76. The zero-order valence-electron chi connectivity index (χ0n) is 14.8. The Labute approximate surface area is 168 Å². The van der Waals surface area contributed by atoms with E-state index in [0.29, 0.717) is 32.7 Å². The van der Waals surface area contributed by atoms with Crippen LogP contribution in [0.4, 0.5) is 0 Å². The predicted octanol–water partition coefficient (Wildman–Crippen LogP) is 4.34. The number of nitrogens with two attached hydrogens (primary N) is 1. The van der Waals surface area contributed by atoms with Gasteiger partial charge in [-0.2, -0.15) is 0 Å². The quantitative estimate of drug-likeness (QED) is 0.686. The molecule has 1 unspecified atom stereocenters. The molecular weight excluding hydrogens is 381 g/mol. The maximum absolute atomic E-state index is 9.92. The van der Waals surface area contributed by atoms with Gasteiger partial charge in [-0.05, 0) is 43.0 Å². The van der Waals surface area contributed by atoms with Gasteiger partial charge in [0.1, 0.15) is 0 Å². The van der Waals surface area contributed by atoms with Crippen molar-refractivity contribution in [3.8, 4) is 22.5 Å². The first-order valence-electron chi connectivity index (χ1n) is 8.78. The van der Waals surface area contributed by atoms with Gasteiger partial charge >= 0.3 is 0 Å². The minimum atomic E-state index is -0.218. The summed E-state index contributed by atoms with van der Waals surface area (Å²) in [6.45, 7) is 1.66. The molecule has 27 heavy (non-hydrogen) atoms. The normalized spacial score (nSPS) is 15.8. The van der Waals surface area contributed by atoms with Crippen LogP contribution in [0.15, 0.2) is 36.4 Å². The first-order valence-corrected chi connectivity index (χ1v) is 9.54. The number of rotatable bonds is 3. The van der Waals surface area contributed by atoms with Crippen molar-refractivity contribution in [1.82, 2.24) is 9.97 Å². The molecule has 0 bridgehead atoms. The molecule has 0 fully saturated rings. The molecule has 4 nitrogen and oxygen atoms in total. The molecule has 0 amide bonds. The van der Waals surface area contributed by atoms with Crippen LogP contribution < -0.4 is 5.73 Å². The summed E-state index contributed by atoms with van der Waals surface area (Å²) in [5, 5.41) is 10.8. The van der Waals surface area contributed by atoms with Crippen LogP contribution in [0.2, 0.25) is 10.0 Å². The van der Waals surface area contributed by atoms with E-state index < -0.39 is 0 Å². The van der Waals surface area contributed by atoms with Crippen LogP contribution in [0, 0.1) is 6.92 Å². The van der Waals surface area contributed by atoms with Crippen molar-refractivity contribution in [3.63, 3.8) is 0 Å². The summed E-state index contributed by atoms with van der Waals surface area (Å²) >= 11 is 12.5. The Morgan fingerprint density at radius 2 is 1.85 bits per heavy atom. The molecule has 0 radical (unpaired) electrons. The van der Waals surface area contributed by atoms with Crippen LogP contribution >= 0.6 is 23.2 Å². The standard InChI is InChI=1S/C21H19Cl2N3O/c1-11-20(16-3-2-4-17(22)19(16)23)26-18(10-27)21(25-11)13-6-5-12-8-15(24)9-14(12)7-13/h2-7,15,27H,8-10,24H2,1H3. The number of aromatic nitrogens is 2. The van der Waals surface area contributed by atoms with E-state index in [4.69, 9.17) is 33.9 Å². The van der Waals surface area contributed by atoms with E-state index in [-0.39, 0.29) is 12.6 Å². The summed E-state index contributed by atoms with van der Waals surface area (Å²) in [5.74, 6) is 0. The van der Waals surface area contributed by atoms with Gasteiger partial charge in [0.2, 0.25) is 0 Å². The number of benzene rings is 2. The van der Waals surface area contributed by atoms with E-state index >= 15 is 0 Å². The Kier molecular flexibility index (Phi) is 4.91. The maximum atomic E-state index is 9.92. The number of halogens is 2. The van der Waals surface area contributed by atoms with Gasteiger partial charge in [0, 0.05) is 17.2 Å². The first-order chi connectivity index (χ1) is 13.0. The first kappa shape index (κ1) is 18.4. The Morgan fingerprint density at radius 1 is 1.07 bits per heavy atom. The number of aliphatic hydroxyl groups excluding tert-OH is 1. The fourth-order valence-corrected chi connectivity index (χ4v) is 4.03. The van der Waals surface area contributed by atoms with Crippen molar-refractivity contribution in [3.05, 3.63) is 69.0 Å². The molecule has 1 aliphatic rings. The Hall–Kier alpha value is -1.98. The van der Waals surface area contributed by atoms with E-state index in [1.54, 1.807) is 6.07 Å². The molecule has 6 heteroatoms. The molecule has 4 rings (SSSR count).